The Bertz CT molecular complexity index is 713. The highest BCUT2D eigenvalue weighted by atomic mass is 32.1. The molecule has 0 saturated heterocycles. The van der Waals surface area contributed by atoms with Crippen molar-refractivity contribution in [3.8, 4) is 0 Å². The first kappa shape index (κ1) is 17.3. The first-order valence-corrected chi connectivity index (χ1v) is 8.28. The topological polar surface area (TPSA) is 12.4 Å². The fourth-order valence-corrected chi connectivity index (χ4v) is 2.43. The summed E-state index contributed by atoms with van der Waals surface area (Å²) in [4.78, 5) is 3.67. The highest BCUT2D eigenvalue weighted by Crippen LogP contribution is 2.20. The zero-order valence-electron chi connectivity index (χ0n) is 13.3. The molecule has 2 aromatic rings. The molecular formula is C20H20FNS. The van der Waals surface area contributed by atoms with E-state index in [2.05, 4.69) is 53.6 Å². The van der Waals surface area contributed by atoms with Gasteiger partial charge in [-0.15, -0.1) is 0 Å². The van der Waals surface area contributed by atoms with Gasteiger partial charge in [-0.25, -0.2) is 4.39 Å². The van der Waals surface area contributed by atoms with Crippen LogP contribution in [-0.2, 0) is 6.42 Å². The molecule has 0 saturated carbocycles. The Morgan fingerprint density at radius 2 is 1.74 bits per heavy atom. The second-order valence-corrected chi connectivity index (χ2v) is 5.63. The number of aryl methyl sites for hydroxylation is 1. The minimum atomic E-state index is -0.393. The third-order valence-electron chi connectivity index (χ3n) is 3.65. The van der Waals surface area contributed by atoms with E-state index in [4.69, 9.17) is 0 Å². The van der Waals surface area contributed by atoms with Gasteiger partial charge < -0.3 is 0 Å². The number of nitrogens with zero attached hydrogens (tertiary/aromatic N) is 1. The van der Waals surface area contributed by atoms with Crippen molar-refractivity contribution in [1.29, 1.82) is 0 Å². The summed E-state index contributed by atoms with van der Waals surface area (Å²) in [6.07, 6.45) is 8.75. The Morgan fingerprint density at radius 1 is 1.04 bits per heavy atom. The molecule has 0 aliphatic carbocycles. The van der Waals surface area contributed by atoms with Crippen LogP contribution in [0.4, 0.5) is 10.1 Å². The molecule has 0 radical (unpaired) electrons. The summed E-state index contributed by atoms with van der Waals surface area (Å²) in [5.74, 6) is -0.393. The van der Waals surface area contributed by atoms with E-state index in [9.17, 15) is 4.39 Å². The lowest BCUT2D eigenvalue weighted by atomic mass is 10.0. The van der Waals surface area contributed by atoms with Crippen molar-refractivity contribution in [3.05, 3.63) is 65.0 Å². The van der Waals surface area contributed by atoms with E-state index in [0.29, 0.717) is 0 Å². The third-order valence-corrected chi connectivity index (χ3v) is 3.75. The molecule has 1 nitrogen and oxygen atoms in total. The lowest BCUT2D eigenvalue weighted by molar-refractivity contribution is 0.630. The van der Waals surface area contributed by atoms with Crippen molar-refractivity contribution in [2.45, 2.75) is 32.6 Å². The van der Waals surface area contributed by atoms with Gasteiger partial charge in [-0.1, -0.05) is 62.2 Å². The van der Waals surface area contributed by atoms with Crippen molar-refractivity contribution in [1.82, 2.24) is 0 Å². The molecule has 0 aromatic heterocycles. The lowest BCUT2D eigenvalue weighted by Gasteiger charge is -2.01. The molecule has 3 heteroatoms. The molecule has 0 N–H and O–H groups in total. The Morgan fingerprint density at radius 3 is 2.39 bits per heavy atom. The van der Waals surface area contributed by atoms with E-state index in [0.717, 1.165) is 17.5 Å². The van der Waals surface area contributed by atoms with Crippen LogP contribution in [0.1, 0.15) is 42.9 Å². The molecular weight excluding hydrogens is 305 g/mol. The molecule has 23 heavy (non-hydrogen) atoms. The molecule has 0 unspecified atom stereocenters. The van der Waals surface area contributed by atoms with Crippen LogP contribution in [0, 0.1) is 5.82 Å². The number of aliphatic imine (C=N–C) groups is 1. The zero-order chi connectivity index (χ0) is 16.5. The average Bonchev–Trinajstić information content (AvgIpc) is 2.57. The Balaban J connectivity index is 2.02. The number of hydrogen-bond donors (Lipinski definition) is 0. The van der Waals surface area contributed by atoms with Gasteiger partial charge in [0, 0.05) is 0 Å². The van der Waals surface area contributed by atoms with Crippen molar-refractivity contribution < 1.29 is 4.39 Å². The summed E-state index contributed by atoms with van der Waals surface area (Å²) in [6, 6.07) is 13.4. The number of rotatable bonds is 7. The monoisotopic (exact) mass is 325 g/mol. The summed E-state index contributed by atoms with van der Waals surface area (Å²) < 4.78 is 13.7. The third kappa shape index (κ3) is 5.55. The first-order chi connectivity index (χ1) is 11.2. The van der Waals surface area contributed by atoms with Gasteiger partial charge in [0.15, 0.2) is 0 Å². The maximum Gasteiger partial charge on any atom is 0.150 e. The molecule has 2 aromatic carbocycles. The molecule has 0 bridgehead atoms. The maximum atomic E-state index is 13.7. The average molecular weight is 325 g/mol. The largest absolute Gasteiger partial charge is 0.205 e. The van der Waals surface area contributed by atoms with Gasteiger partial charge in [0.2, 0.25) is 0 Å². The van der Waals surface area contributed by atoms with Gasteiger partial charge in [0.05, 0.1) is 5.16 Å². The lowest BCUT2D eigenvalue weighted by Crippen LogP contribution is -1.85. The van der Waals surface area contributed by atoms with E-state index in [-0.39, 0.29) is 5.69 Å². The quantitative estimate of drug-likeness (QED) is 0.246. The van der Waals surface area contributed by atoms with Gasteiger partial charge in [0.25, 0.3) is 0 Å². The van der Waals surface area contributed by atoms with Crippen molar-refractivity contribution in [2.24, 2.45) is 4.99 Å². The molecule has 2 rings (SSSR count). The number of thiocarbonyl (C=S) groups is 1. The molecule has 0 spiro atoms. The molecule has 0 atom stereocenters. The molecule has 0 aliphatic heterocycles. The fraction of sp³-hybridized carbons (Fsp3) is 0.250. The van der Waals surface area contributed by atoms with E-state index in [1.54, 1.807) is 6.07 Å². The highest BCUT2D eigenvalue weighted by molar-refractivity contribution is 7.78. The number of hydrogen-bond acceptors (Lipinski definition) is 2. The molecule has 0 aliphatic rings. The van der Waals surface area contributed by atoms with Gasteiger partial charge >= 0.3 is 0 Å². The fourth-order valence-electron chi connectivity index (χ4n) is 2.33. The van der Waals surface area contributed by atoms with Crippen molar-refractivity contribution >= 4 is 35.2 Å². The summed E-state index contributed by atoms with van der Waals surface area (Å²) in [7, 11) is 0. The summed E-state index contributed by atoms with van der Waals surface area (Å²) in [6.45, 7) is 2.21. The summed E-state index contributed by atoms with van der Waals surface area (Å²) >= 11 is 4.49. The van der Waals surface area contributed by atoms with Crippen LogP contribution in [0.25, 0.3) is 12.2 Å². The number of halogens is 1. The molecule has 0 heterocycles. The Hall–Kier alpha value is -2.09. The SMILES string of the molecule is CCCCCc1ccc(C=Cc2ccc(N=C=S)c(F)c2)cc1. The smallest absolute Gasteiger partial charge is 0.150 e. The van der Waals surface area contributed by atoms with Crippen LogP contribution in [0.3, 0.4) is 0 Å². The second kappa shape index (κ2) is 9.14. The minimum absolute atomic E-state index is 0.216. The number of isothiocyanates is 1. The van der Waals surface area contributed by atoms with E-state index in [1.165, 1.54) is 30.9 Å². The van der Waals surface area contributed by atoms with Gasteiger partial charge in [-0.05, 0) is 53.9 Å². The number of benzene rings is 2. The van der Waals surface area contributed by atoms with Crippen molar-refractivity contribution in [3.63, 3.8) is 0 Å². The second-order valence-electron chi connectivity index (χ2n) is 5.45. The van der Waals surface area contributed by atoms with Gasteiger partial charge in [-0.2, -0.15) is 4.99 Å². The van der Waals surface area contributed by atoms with Crippen LogP contribution in [-0.4, -0.2) is 5.16 Å². The normalized spacial score (nSPS) is 10.7. The van der Waals surface area contributed by atoms with E-state index >= 15 is 0 Å². The summed E-state index contributed by atoms with van der Waals surface area (Å²) in [5, 5.41) is 2.18. The predicted molar refractivity (Wildman–Crippen MR) is 99.7 cm³/mol. The molecule has 0 amide bonds. The van der Waals surface area contributed by atoms with Crippen molar-refractivity contribution in [2.75, 3.05) is 0 Å². The van der Waals surface area contributed by atoms with Crippen LogP contribution in [0.2, 0.25) is 0 Å². The summed E-state index contributed by atoms with van der Waals surface area (Å²) in [5.41, 5.74) is 3.47. The van der Waals surface area contributed by atoms with Crippen LogP contribution in [0.15, 0.2) is 47.5 Å². The minimum Gasteiger partial charge on any atom is -0.205 e. The van der Waals surface area contributed by atoms with E-state index in [1.807, 2.05) is 18.2 Å². The number of unbranched alkanes of at least 4 members (excludes halogenated alkanes) is 2. The predicted octanol–water partition coefficient (Wildman–Crippen LogP) is 6.46. The van der Waals surface area contributed by atoms with Crippen LogP contribution >= 0.6 is 12.2 Å². The Labute approximate surface area is 142 Å². The van der Waals surface area contributed by atoms with E-state index < -0.39 is 5.82 Å². The standard InChI is InChI=1S/C20H20FNS/c1-2-3-4-5-16-6-8-17(9-7-16)10-11-18-12-13-20(22-15-23)19(21)14-18/h6-14H,2-5H2,1H3. The Kier molecular flexibility index (Phi) is 6.86. The molecule has 0 fully saturated rings. The highest BCUT2D eigenvalue weighted by Gasteiger charge is 2.00. The van der Waals surface area contributed by atoms with Crippen LogP contribution in [0.5, 0.6) is 0 Å². The zero-order valence-corrected chi connectivity index (χ0v) is 14.1. The first-order valence-electron chi connectivity index (χ1n) is 7.87. The van der Waals surface area contributed by atoms with Crippen LogP contribution < -0.4 is 0 Å². The molecule has 118 valence electrons. The van der Waals surface area contributed by atoms with Gasteiger partial charge in [-0.3, -0.25) is 0 Å². The van der Waals surface area contributed by atoms with Gasteiger partial charge in [0.1, 0.15) is 11.5 Å². The maximum absolute atomic E-state index is 13.7.